The maximum Gasteiger partial charge on any atom is 0.137 e. The largest absolute Gasteiger partial charge is 0.457 e. The summed E-state index contributed by atoms with van der Waals surface area (Å²) in [5, 5.41) is 2.31. The molecule has 1 aliphatic heterocycles. The highest BCUT2D eigenvalue weighted by Gasteiger charge is 2.31. The van der Waals surface area contributed by atoms with Gasteiger partial charge in [-0.3, -0.25) is 4.57 Å². The lowest BCUT2D eigenvalue weighted by Gasteiger charge is -2.31. The summed E-state index contributed by atoms with van der Waals surface area (Å²) in [6.45, 7) is 25.9. The van der Waals surface area contributed by atoms with Crippen LogP contribution in [0.5, 0.6) is 11.5 Å². The van der Waals surface area contributed by atoms with Gasteiger partial charge in [0.2, 0.25) is 0 Å². The first-order valence-electron chi connectivity index (χ1n) is 24.8. The van der Waals surface area contributed by atoms with Crippen molar-refractivity contribution in [2.75, 3.05) is 16.5 Å². The van der Waals surface area contributed by atoms with Crippen LogP contribution >= 0.6 is 0 Å². The Morgan fingerprint density at radius 3 is 1.69 bits per heavy atom. The predicted octanol–water partition coefficient (Wildman–Crippen LogP) is 17.1. The van der Waals surface area contributed by atoms with Gasteiger partial charge in [-0.1, -0.05) is 179 Å². The molecule has 0 radical (unpaired) electrons. The SMILES string of the molecule is CC(C)(C)c1cc(N2C=C(c3ccccc3)N(c3cc(Oc4ccc5c6cc(-c7ccccc7)ccc6n(-c6cc(C(C)(C)C)ccn6)c5c4)cc(C(C)(C)c4ccccc4)c3)C2)cc(C(C)(C)C)c1. The minimum Gasteiger partial charge on any atom is -0.457 e. The Kier molecular flexibility index (Phi) is 11.6. The first kappa shape index (κ1) is 46.4. The van der Waals surface area contributed by atoms with Gasteiger partial charge in [0.15, 0.2) is 0 Å². The van der Waals surface area contributed by atoms with Crippen LogP contribution in [0.4, 0.5) is 11.4 Å². The number of rotatable bonds is 9. The summed E-state index contributed by atoms with van der Waals surface area (Å²) in [6, 6.07) is 63.9. The molecule has 0 saturated heterocycles. The molecule has 0 aliphatic carbocycles. The standard InChI is InChI=1S/C65H66N4O/c1-62(2,3)48-31-32-66-61(39-48)69-58-30-27-46(44-21-15-12-16-22-44)33-57(58)56-29-28-54(41-59(56)69)70-55-38-51(65(10,11)47-25-19-14-20-26-47)37-53(40-55)68-43-67(42-60(68)45-23-17-13-18-24-45)52-35-49(63(4,5)6)34-50(36-52)64(7,8)9/h12-42H,43H2,1-11H3. The number of ether oxygens (including phenoxy) is 1. The molecule has 2 aromatic heterocycles. The average Bonchev–Trinajstić information content (AvgIpc) is 3.94. The predicted molar refractivity (Wildman–Crippen MR) is 296 cm³/mol. The first-order valence-corrected chi connectivity index (χ1v) is 24.8. The van der Waals surface area contributed by atoms with E-state index in [-0.39, 0.29) is 21.7 Å². The zero-order chi connectivity index (χ0) is 49.2. The highest BCUT2D eigenvalue weighted by molar-refractivity contribution is 6.10. The number of nitrogens with zero attached hydrogens (tertiary/aromatic N) is 4. The summed E-state index contributed by atoms with van der Waals surface area (Å²) >= 11 is 0. The smallest absolute Gasteiger partial charge is 0.137 e. The topological polar surface area (TPSA) is 33.5 Å². The summed E-state index contributed by atoms with van der Waals surface area (Å²) in [6.07, 6.45) is 4.27. The lowest BCUT2D eigenvalue weighted by molar-refractivity contribution is 0.480. The van der Waals surface area contributed by atoms with Crippen LogP contribution in [0.25, 0.3) is 44.4 Å². The normalized spacial score (nSPS) is 13.6. The van der Waals surface area contributed by atoms with E-state index in [1.54, 1.807) is 0 Å². The molecule has 0 fully saturated rings. The number of hydrogen-bond donors (Lipinski definition) is 0. The Labute approximate surface area is 415 Å². The van der Waals surface area contributed by atoms with E-state index in [1.165, 1.54) is 44.5 Å². The van der Waals surface area contributed by atoms with E-state index in [9.17, 15) is 0 Å². The molecule has 5 nitrogen and oxygen atoms in total. The quantitative estimate of drug-likeness (QED) is 0.144. The molecular weight excluding hydrogens is 853 g/mol. The van der Waals surface area contributed by atoms with Crippen molar-refractivity contribution in [2.24, 2.45) is 0 Å². The van der Waals surface area contributed by atoms with Crippen molar-refractivity contribution < 1.29 is 4.74 Å². The van der Waals surface area contributed by atoms with E-state index in [2.05, 4.69) is 273 Å². The van der Waals surface area contributed by atoms with Gasteiger partial charge in [-0.25, -0.2) is 4.98 Å². The number of aromatic nitrogens is 2. The Morgan fingerprint density at radius 2 is 1.04 bits per heavy atom. The van der Waals surface area contributed by atoms with Crippen LogP contribution in [-0.2, 0) is 21.7 Å². The molecule has 70 heavy (non-hydrogen) atoms. The molecule has 1 aliphatic rings. The third kappa shape index (κ3) is 9.02. The molecule has 5 heteroatoms. The molecule has 10 rings (SSSR count). The molecule has 3 heterocycles. The van der Waals surface area contributed by atoms with E-state index in [1.807, 2.05) is 6.20 Å². The average molecular weight is 919 g/mol. The highest BCUT2D eigenvalue weighted by Crippen LogP contribution is 2.44. The molecular formula is C65H66N4O. The molecule has 0 atom stereocenters. The summed E-state index contributed by atoms with van der Waals surface area (Å²) in [4.78, 5) is 9.88. The second-order valence-electron chi connectivity index (χ2n) is 22.8. The fourth-order valence-electron chi connectivity index (χ4n) is 9.79. The second-order valence-corrected chi connectivity index (χ2v) is 22.8. The third-order valence-corrected chi connectivity index (χ3v) is 14.3. The Bertz CT molecular complexity index is 3370. The minimum atomic E-state index is -0.343. The summed E-state index contributed by atoms with van der Waals surface area (Å²) in [5.41, 5.74) is 14.9. The maximum absolute atomic E-state index is 7.18. The molecule has 0 N–H and O–H groups in total. The van der Waals surface area contributed by atoms with Gasteiger partial charge in [-0.2, -0.15) is 0 Å². The fraction of sp³-hybridized carbons (Fsp3) is 0.246. The van der Waals surface area contributed by atoms with Crippen molar-refractivity contribution in [3.63, 3.8) is 0 Å². The molecule has 7 aromatic carbocycles. The van der Waals surface area contributed by atoms with Gasteiger partial charge in [-0.15, -0.1) is 0 Å². The molecule has 9 aromatic rings. The van der Waals surface area contributed by atoms with Crippen LogP contribution < -0.4 is 14.5 Å². The lowest BCUT2D eigenvalue weighted by Crippen LogP contribution is -2.28. The zero-order valence-electron chi connectivity index (χ0n) is 42.8. The summed E-state index contributed by atoms with van der Waals surface area (Å²) in [5.74, 6) is 2.41. The van der Waals surface area contributed by atoms with Crippen LogP contribution in [0, 0.1) is 0 Å². The van der Waals surface area contributed by atoms with Gasteiger partial charge in [0, 0.05) is 52.1 Å². The monoisotopic (exact) mass is 919 g/mol. The molecule has 0 spiro atoms. The molecule has 0 bridgehead atoms. The zero-order valence-corrected chi connectivity index (χ0v) is 42.8. The van der Waals surface area contributed by atoms with Crippen LogP contribution in [0.1, 0.15) is 110 Å². The molecule has 0 saturated carbocycles. The molecule has 352 valence electrons. The first-order chi connectivity index (χ1) is 33.3. The number of hydrogen-bond acceptors (Lipinski definition) is 4. The van der Waals surface area contributed by atoms with E-state index >= 15 is 0 Å². The van der Waals surface area contributed by atoms with Crippen LogP contribution in [0.15, 0.2) is 188 Å². The van der Waals surface area contributed by atoms with Gasteiger partial charge in [0.25, 0.3) is 0 Å². The van der Waals surface area contributed by atoms with Gasteiger partial charge in [0.05, 0.1) is 23.4 Å². The summed E-state index contributed by atoms with van der Waals surface area (Å²) in [7, 11) is 0. The van der Waals surface area contributed by atoms with Crippen molar-refractivity contribution in [3.05, 3.63) is 222 Å². The third-order valence-electron chi connectivity index (χ3n) is 14.3. The van der Waals surface area contributed by atoms with Crippen LogP contribution in [-0.4, -0.2) is 16.2 Å². The Hall–Kier alpha value is -7.37. The number of fused-ring (bicyclic) bond motifs is 3. The van der Waals surface area contributed by atoms with Crippen LogP contribution in [0.2, 0.25) is 0 Å². The van der Waals surface area contributed by atoms with E-state index in [0.29, 0.717) is 6.67 Å². The summed E-state index contributed by atoms with van der Waals surface area (Å²) < 4.78 is 9.48. The fourth-order valence-corrected chi connectivity index (χ4v) is 9.79. The maximum atomic E-state index is 7.18. The van der Waals surface area contributed by atoms with Gasteiger partial charge >= 0.3 is 0 Å². The van der Waals surface area contributed by atoms with Gasteiger partial charge in [0.1, 0.15) is 17.3 Å². The molecule has 0 amide bonds. The van der Waals surface area contributed by atoms with E-state index < -0.39 is 0 Å². The lowest BCUT2D eigenvalue weighted by atomic mass is 9.78. The van der Waals surface area contributed by atoms with Gasteiger partial charge < -0.3 is 14.5 Å². The van der Waals surface area contributed by atoms with Crippen molar-refractivity contribution in [1.82, 2.24) is 9.55 Å². The Morgan fingerprint density at radius 1 is 0.429 bits per heavy atom. The van der Waals surface area contributed by atoms with Crippen molar-refractivity contribution >= 4 is 38.9 Å². The van der Waals surface area contributed by atoms with E-state index in [0.717, 1.165) is 56.2 Å². The van der Waals surface area contributed by atoms with Crippen molar-refractivity contribution in [3.8, 4) is 28.4 Å². The van der Waals surface area contributed by atoms with Gasteiger partial charge in [-0.05, 0) is 121 Å². The Balaban J connectivity index is 1.13. The second kappa shape index (κ2) is 17.5. The van der Waals surface area contributed by atoms with E-state index in [4.69, 9.17) is 9.72 Å². The number of pyridine rings is 1. The van der Waals surface area contributed by atoms with Crippen molar-refractivity contribution in [2.45, 2.75) is 97.8 Å². The minimum absolute atomic E-state index is 0.0134. The number of benzene rings is 7. The van der Waals surface area contributed by atoms with Crippen LogP contribution in [0.3, 0.4) is 0 Å². The van der Waals surface area contributed by atoms with Crippen molar-refractivity contribution in [1.29, 1.82) is 0 Å². The molecule has 0 unspecified atom stereocenters. The number of anilines is 2. The highest BCUT2D eigenvalue weighted by atomic mass is 16.5.